The fourth-order valence-electron chi connectivity index (χ4n) is 1.65. The van der Waals surface area contributed by atoms with E-state index in [1.807, 2.05) is 30.3 Å². The van der Waals surface area contributed by atoms with Crippen molar-refractivity contribution < 1.29 is 4.42 Å². The van der Waals surface area contributed by atoms with E-state index in [4.69, 9.17) is 16.0 Å². The molecule has 0 aliphatic heterocycles. The van der Waals surface area contributed by atoms with Crippen molar-refractivity contribution in [3.05, 3.63) is 51.9 Å². The second kappa shape index (κ2) is 5.61. The topological polar surface area (TPSA) is 25.2 Å². The first-order valence-electron chi connectivity index (χ1n) is 5.45. The maximum atomic E-state index is 6.06. The van der Waals surface area contributed by atoms with Gasteiger partial charge in [-0.25, -0.2) is 0 Å². The number of nitrogens with one attached hydrogen (secondary N) is 1. The molecule has 1 atom stereocenters. The van der Waals surface area contributed by atoms with E-state index in [9.17, 15) is 0 Å². The molecule has 0 saturated heterocycles. The van der Waals surface area contributed by atoms with Crippen LogP contribution >= 0.6 is 27.5 Å². The fraction of sp³-hybridized carbons (Fsp3) is 0.231. The van der Waals surface area contributed by atoms with E-state index in [1.165, 1.54) is 0 Å². The second-order valence-electron chi connectivity index (χ2n) is 3.75. The summed E-state index contributed by atoms with van der Waals surface area (Å²) in [4.78, 5) is 0. The predicted molar refractivity (Wildman–Crippen MR) is 74.5 cm³/mol. The molecule has 17 heavy (non-hydrogen) atoms. The zero-order chi connectivity index (χ0) is 12.3. The highest BCUT2D eigenvalue weighted by atomic mass is 79.9. The van der Waals surface area contributed by atoms with Gasteiger partial charge in [0.25, 0.3) is 0 Å². The van der Waals surface area contributed by atoms with Crippen LogP contribution in [0.25, 0.3) is 0 Å². The van der Waals surface area contributed by atoms with Gasteiger partial charge < -0.3 is 9.73 Å². The zero-order valence-corrected chi connectivity index (χ0v) is 11.8. The molecule has 2 aromatic rings. The number of furan rings is 1. The van der Waals surface area contributed by atoms with Crippen molar-refractivity contribution in [3.8, 4) is 0 Å². The van der Waals surface area contributed by atoms with Crippen LogP contribution in [0, 0.1) is 0 Å². The zero-order valence-electron chi connectivity index (χ0n) is 9.41. The molecule has 0 radical (unpaired) electrons. The summed E-state index contributed by atoms with van der Waals surface area (Å²) in [6, 6.07) is 9.86. The van der Waals surface area contributed by atoms with E-state index < -0.39 is 0 Å². The van der Waals surface area contributed by atoms with Crippen LogP contribution in [0.1, 0.15) is 25.1 Å². The Labute approximate surface area is 114 Å². The first-order valence-corrected chi connectivity index (χ1v) is 6.62. The van der Waals surface area contributed by atoms with Crippen molar-refractivity contribution in [2.45, 2.75) is 19.4 Å². The van der Waals surface area contributed by atoms with Gasteiger partial charge in [0, 0.05) is 10.2 Å². The Kier molecular flexibility index (Phi) is 4.13. The highest BCUT2D eigenvalue weighted by Crippen LogP contribution is 2.28. The lowest BCUT2D eigenvalue weighted by Gasteiger charge is -2.16. The minimum absolute atomic E-state index is 0.169. The normalized spacial score (nSPS) is 12.4. The summed E-state index contributed by atoms with van der Waals surface area (Å²) in [6.45, 7) is 2.11. The van der Waals surface area contributed by atoms with E-state index in [-0.39, 0.29) is 6.04 Å². The Morgan fingerprint density at radius 3 is 2.82 bits per heavy atom. The quantitative estimate of drug-likeness (QED) is 0.833. The van der Waals surface area contributed by atoms with Gasteiger partial charge in [-0.2, -0.15) is 0 Å². The third kappa shape index (κ3) is 3.05. The maximum Gasteiger partial charge on any atom is 0.125 e. The van der Waals surface area contributed by atoms with Gasteiger partial charge in [-0.3, -0.25) is 0 Å². The molecule has 2 nitrogen and oxygen atoms in total. The van der Waals surface area contributed by atoms with Gasteiger partial charge >= 0.3 is 0 Å². The van der Waals surface area contributed by atoms with Crippen LogP contribution in [0.4, 0.5) is 5.69 Å². The Bertz CT molecular complexity index is 484. The van der Waals surface area contributed by atoms with Gasteiger partial charge in [-0.05, 0) is 52.7 Å². The van der Waals surface area contributed by atoms with Crippen molar-refractivity contribution in [3.63, 3.8) is 0 Å². The molecule has 0 aliphatic rings. The smallest absolute Gasteiger partial charge is 0.125 e. The molecule has 4 heteroatoms. The average Bonchev–Trinajstić information content (AvgIpc) is 2.84. The summed E-state index contributed by atoms with van der Waals surface area (Å²) in [6.07, 6.45) is 2.63. The summed E-state index contributed by atoms with van der Waals surface area (Å²) in [5.41, 5.74) is 0.987. The van der Waals surface area contributed by atoms with Crippen LogP contribution in [-0.2, 0) is 0 Å². The van der Waals surface area contributed by atoms with Gasteiger partial charge in [-0.15, -0.1) is 0 Å². The molecular formula is C13H13BrClNO. The van der Waals surface area contributed by atoms with Crippen molar-refractivity contribution in [1.29, 1.82) is 0 Å². The molecule has 0 fully saturated rings. The molecule has 1 aromatic heterocycles. The van der Waals surface area contributed by atoms with E-state index in [0.717, 1.165) is 22.3 Å². The maximum absolute atomic E-state index is 6.06. The molecule has 1 unspecified atom stereocenters. The Hall–Kier alpha value is -0.930. The molecule has 1 N–H and O–H groups in total. The first-order chi connectivity index (χ1) is 8.20. The second-order valence-corrected chi connectivity index (χ2v) is 5.01. The molecule has 0 amide bonds. The van der Waals surface area contributed by atoms with Crippen LogP contribution < -0.4 is 5.32 Å². The SMILES string of the molecule is CCC(Nc1ccc(Br)c(Cl)c1)c1ccco1. The third-order valence-electron chi connectivity index (χ3n) is 2.56. The highest BCUT2D eigenvalue weighted by Gasteiger charge is 2.12. The standard InChI is InChI=1S/C13H13BrClNO/c1-2-12(13-4-3-7-17-13)16-9-5-6-10(14)11(15)8-9/h3-8,12,16H,2H2,1H3. The Morgan fingerprint density at radius 2 is 2.24 bits per heavy atom. The average molecular weight is 315 g/mol. The molecule has 0 aliphatic carbocycles. The molecule has 0 bridgehead atoms. The lowest BCUT2D eigenvalue weighted by molar-refractivity contribution is 0.474. The molecule has 1 heterocycles. The van der Waals surface area contributed by atoms with E-state index >= 15 is 0 Å². The molecule has 1 aromatic carbocycles. The highest BCUT2D eigenvalue weighted by molar-refractivity contribution is 9.10. The van der Waals surface area contributed by atoms with Gasteiger partial charge in [0.1, 0.15) is 5.76 Å². The van der Waals surface area contributed by atoms with Crippen molar-refractivity contribution >= 4 is 33.2 Å². The lowest BCUT2D eigenvalue weighted by Crippen LogP contribution is -2.08. The number of rotatable bonds is 4. The summed E-state index contributed by atoms with van der Waals surface area (Å²) in [5, 5.41) is 4.10. The van der Waals surface area contributed by atoms with Gasteiger partial charge in [0.15, 0.2) is 0 Å². The van der Waals surface area contributed by atoms with Crippen LogP contribution in [0.2, 0.25) is 5.02 Å². The van der Waals surface area contributed by atoms with Gasteiger partial charge in [-0.1, -0.05) is 18.5 Å². The molecule has 0 saturated carbocycles. The van der Waals surface area contributed by atoms with Crippen molar-refractivity contribution in [2.24, 2.45) is 0 Å². The summed E-state index contributed by atoms with van der Waals surface area (Å²) < 4.78 is 6.31. The Morgan fingerprint density at radius 1 is 1.41 bits per heavy atom. The lowest BCUT2D eigenvalue weighted by atomic mass is 10.1. The number of anilines is 1. The molecular weight excluding hydrogens is 302 g/mol. The molecule has 0 spiro atoms. The number of halogens is 2. The predicted octanol–water partition coefficient (Wildman–Crippen LogP) is 5.26. The fourth-order valence-corrected chi connectivity index (χ4v) is 2.08. The van der Waals surface area contributed by atoms with Crippen molar-refractivity contribution in [1.82, 2.24) is 0 Å². The minimum Gasteiger partial charge on any atom is -0.467 e. The minimum atomic E-state index is 0.169. The Balaban J connectivity index is 2.16. The third-order valence-corrected chi connectivity index (χ3v) is 3.79. The van der Waals surface area contributed by atoms with Crippen LogP contribution in [0.3, 0.4) is 0 Å². The summed E-state index contributed by atoms with van der Waals surface area (Å²) in [7, 11) is 0. The van der Waals surface area contributed by atoms with E-state index in [0.29, 0.717) is 5.02 Å². The van der Waals surface area contributed by atoms with Gasteiger partial charge in [0.05, 0.1) is 17.3 Å². The number of benzene rings is 1. The van der Waals surface area contributed by atoms with Crippen molar-refractivity contribution in [2.75, 3.05) is 5.32 Å². The summed E-state index contributed by atoms with van der Waals surface area (Å²) in [5.74, 6) is 0.937. The number of hydrogen-bond acceptors (Lipinski definition) is 2. The van der Waals surface area contributed by atoms with Crippen LogP contribution in [0.5, 0.6) is 0 Å². The summed E-state index contributed by atoms with van der Waals surface area (Å²) >= 11 is 9.43. The first kappa shape index (κ1) is 12.5. The number of hydrogen-bond donors (Lipinski definition) is 1. The monoisotopic (exact) mass is 313 g/mol. The van der Waals surface area contributed by atoms with Crippen LogP contribution in [0.15, 0.2) is 45.5 Å². The molecule has 2 rings (SSSR count). The largest absolute Gasteiger partial charge is 0.467 e. The van der Waals surface area contributed by atoms with E-state index in [2.05, 4.69) is 28.2 Å². The van der Waals surface area contributed by atoms with Crippen LogP contribution in [-0.4, -0.2) is 0 Å². The molecule has 90 valence electrons. The van der Waals surface area contributed by atoms with Gasteiger partial charge in [0.2, 0.25) is 0 Å². The van der Waals surface area contributed by atoms with E-state index in [1.54, 1.807) is 6.26 Å².